The molecule has 0 aliphatic heterocycles. The summed E-state index contributed by atoms with van der Waals surface area (Å²) in [5.74, 6) is 0.419. The third-order valence-electron chi connectivity index (χ3n) is 3.87. The van der Waals surface area contributed by atoms with Gasteiger partial charge >= 0.3 is 0 Å². The minimum Gasteiger partial charge on any atom is -0.313 e. The van der Waals surface area contributed by atoms with Crippen LogP contribution in [0.5, 0.6) is 0 Å². The highest BCUT2D eigenvalue weighted by atomic mass is 79.9. The van der Waals surface area contributed by atoms with Crippen molar-refractivity contribution in [1.82, 2.24) is 10.3 Å². The Balaban J connectivity index is 1.79. The molecule has 0 spiro atoms. The molecule has 0 bridgehead atoms. The van der Waals surface area contributed by atoms with Crippen molar-refractivity contribution in [3.8, 4) is 0 Å². The van der Waals surface area contributed by atoms with Crippen LogP contribution in [-0.4, -0.2) is 17.6 Å². The lowest BCUT2D eigenvalue weighted by Gasteiger charge is -2.19. The van der Waals surface area contributed by atoms with Crippen LogP contribution in [0.3, 0.4) is 0 Å². The normalized spacial score (nSPS) is 15.9. The Hall–Kier alpha value is -0.900. The number of pyridine rings is 1. The SMILES string of the molecule is Clc1cnccc1CC(CNC1CC1)c1cccc(Br)c1. The molecular formula is C17H18BrClN2. The second kappa shape index (κ2) is 6.91. The molecule has 1 aliphatic rings. The summed E-state index contributed by atoms with van der Waals surface area (Å²) in [4.78, 5) is 4.07. The van der Waals surface area contributed by atoms with Crippen molar-refractivity contribution in [2.45, 2.75) is 31.2 Å². The predicted molar refractivity (Wildman–Crippen MR) is 90.9 cm³/mol. The average Bonchev–Trinajstić information content (AvgIpc) is 3.29. The van der Waals surface area contributed by atoms with Crippen molar-refractivity contribution >= 4 is 27.5 Å². The maximum Gasteiger partial charge on any atom is 0.0621 e. The van der Waals surface area contributed by atoms with Gasteiger partial charge in [0.1, 0.15) is 0 Å². The van der Waals surface area contributed by atoms with Crippen LogP contribution in [0, 0.1) is 0 Å². The van der Waals surface area contributed by atoms with E-state index in [1.165, 1.54) is 18.4 Å². The van der Waals surface area contributed by atoms with Crippen LogP contribution < -0.4 is 5.32 Å². The Kier molecular flexibility index (Phi) is 4.94. The summed E-state index contributed by atoms with van der Waals surface area (Å²) in [6.45, 7) is 0.986. The summed E-state index contributed by atoms with van der Waals surface area (Å²) in [5, 5.41) is 4.39. The maximum absolute atomic E-state index is 6.27. The number of nitrogens with one attached hydrogen (secondary N) is 1. The molecule has 2 nitrogen and oxygen atoms in total. The molecule has 1 aromatic heterocycles. The number of rotatable bonds is 6. The Morgan fingerprint density at radius 1 is 1.33 bits per heavy atom. The van der Waals surface area contributed by atoms with Gasteiger partial charge in [0, 0.05) is 35.4 Å². The van der Waals surface area contributed by atoms with Crippen LogP contribution in [0.25, 0.3) is 0 Å². The van der Waals surface area contributed by atoms with Gasteiger partial charge in [0.15, 0.2) is 0 Å². The second-order valence-corrected chi connectivity index (χ2v) is 6.93. The van der Waals surface area contributed by atoms with Crippen LogP contribution in [0.2, 0.25) is 5.02 Å². The molecule has 1 heterocycles. The molecule has 2 aromatic rings. The van der Waals surface area contributed by atoms with Gasteiger partial charge < -0.3 is 5.32 Å². The number of halogens is 2. The van der Waals surface area contributed by atoms with Crippen molar-refractivity contribution < 1.29 is 0 Å². The fourth-order valence-corrected chi connectivity index (χ4v) is 3.11. The van der Waals surface area contributed by atoms with Gasteiger partial charge in [0.25, 0.3) is 0 Å². The summed E-state index contributed by atoms with van der Waals surface area (Å²) >= 11 is 9.84. The zero-order chi connectivity index (χ0) is 14.7. The van der Waals surface area contributed by atoms with Crippen LogP contribution >= 0.6 is 27.5 Å². The fraction of sp³-hybridized carbons (Fsp3) is 0.353. The van der Waals surface area contributed by atoms with Crippen molar-refractivity contribution in [3.63, 3.8) is 0 Å². The van der Waals surface area contributed by atoms with Crippen LogP contribution in [0.4, 0.5) is 0 Å². The number of nitrogens with zero attached hydrogens (tertiary/aromatic N) is 1. The first-order chi connectivity index (χ1) is 10.2. The molecule has 1 aliphatic carbocycles. The number of benzene rings is 1. The number of hydrogen-bond donors (Lipinski definition) is 1. The molecule has 21 heavy (non-hydrogen) atoms. The highest BCUT2D eigenvalue weighted by molar-refractivity contribution is 9.10. The highest BCUT2D eigenvalue weighted by Gasteiger charge is 2.23. The molecule has 0 amide bonds. The van der Waals surface area contributed by atoms with E-state index in [0.717, 1.165) is 28.0 Å². The van der Waals surface area contributed by atoms with E-state index in [4.69, 9.17) is 11.6 Å². The summed E-state index contributed by atoms with van der Waals surface area (Å²) in [6.07, 6.45) is 7.08. The van der Waals surface area contributed by atoms with Gasteiger partial charge in [0.2, 0.25) is 0 Å². The summed E-state index contributed by atoms with van der Waals surface area (Å²) < 4.78 is 1.12. The minimum atomic E-state index is 0.419. The highest BCUT2D eigenvalue weighted by Crippen LogP contribution is 2.27. The molecule has 4 heteroatoms. The van der Waals surface area contributed by atoms with E-state index in [-0.39, 0.29) is 0 Å². The van der Waals surface area contributed by atoms with E-state index < -0.39 is 0 Å². The molecular weight excluding hydrogens is 348 g/mol. The molecule has 0 saturated heterocycles. The van der Waals surface area contributed by atoms with Crippen molar-refractivity contribution in [2.24, 2.45) is 0 Å². The second-order valence-electron chi connectivity index (χ2n) is 5.61. The van der Waals surface area contributed by atoms with E-state index >= 15 is 0 Å². The largest absolute Gasteiger partial charge is 0.313 e. The molecule has 1 atom stereocenters. The van der Waals surface area contributed by atoms with Crippen LogP contribution in [0.15, 0.2) is 47.2 Å². The molecule has 1 N–H and O–H groups in total. The maximum atomic E-state index is 6.27. The first-order valence-electron chi connectivity index (χ1n) is 7.29. The van der Waals surface area contributed by atoms with E-state index in [9.17, 15) is 0 Å². The van der Waals surface area contributed by atoms with E-state index in [0.29, 0.717) is 12.0 Å². The molecule has 3 rings (SSSR count). The first kappa shape index (κ1) is 15.0. The number of aromatic nitrogens is 1. The van der Waals surface area contributed by atoms with E-state index in [2.05, 4.69) is 50.5 Å². The zero-order valence-corrected chi connectivity index (χ0v) is 14.1. The number of hydrogen-bond acceptors (Lipinski definition) is 2. The van der Waals surface area contributed by atoms with Crippen molar-refractivity contribution in [3.05, 3.63) is 63.3 Å². The van der Waals surface area contributed by atoms with Gasteiger partial charge in [0.05, 0.1) is 5.02 Å². The third-order valence-corrected chi connectivity index (χ3v) is 4.71. The molecule has 1 saturated carbocycles. The van der Waals surface area contributed by atoms with E-state index in [1.54, 1.807) is 6.20 Å². The van der Waals surface area contributed by atoms with Gasteiger partial charge in [-0.3, -0.25) is 4.98 Å². The molecule has 1 fully saturated rings. The van der Waals surface area contributed by atoms with Crippen molar-refractivity contribution in [1.29, 1.82) is 0 Å². The summed E-state index contributed by atoms with van der Waals surface area (Å²) in [7, 11) is 0. The molecule has 1 unspecified atom stereocenters. The van der Waals surface area contributed by atoms with Gasteiger partial charge in [-0.25, -0.2) is 0 Å². The Morgan fingerprint density at radius 2 is 2.19 bits per heavy atom. The van der Waals surface area contributed by atoms with Gasteiger partial charge in [-0.2, -0.15) is 0 Å². The topological polar surface area (TPSA) is 24.9 Å². The first-order valence-corrected chi connectivity index (χ1v) is 8.46. The van der Waals surface area contributed by atoms with Crippen LogP contribution in [-0.2, 0) is 6.42 Å². The van der Waals surface area contributed by atoms with Gasteiger partial charge in [-0.15, -0.1) is 0 Å². The molecule has 1 aromatic carbocycles. The minimum absolute atomic E-state index is 0.419. The lowest BCUT2D eigenvalue weighted by atomic mass is 9.92. The average molecular weight is 366 g/mol. The smallest absolute Gasteiger partial charge is 0.0621 e. The lowest BCUT2D eigenvalue weighted by Crippen LogP contribution is -2.25. The predicted octanol–water partition coefficient (Wildman–Crippen LogP) is 4.58. The Morgan fingerprint density at radius 3 is 2.90 bits per heavy atom. The zero-order valence-electron chi connectivity index (χ0n) is 11.7. The van der Waals surface area contributed by atoms with Crippen molar-refractivity contribution in [2.75, 3.05) is 6.54 Å². The van der Waals surface area contributed by atoms with Crippen LogP contribution in [0.1, 0.15) is 29.9 Å². The fourth-order valence-electron chi connectivity index (χ4n) is 2.50. The molecule has 0 radical (unpaired) electrons. The Labute approximate surface area is 139 Å². The summed E-state index contributed by atoms with van der Waals surface area (Å²) in [6, 6.07) is 11.3. The van der Waals surface area contributed by atoms with Gasteiger partial charge in [-0.05, 0) is 48.6 Å². The quantitative estimate of drug-likeness (QED) is 0.810. The Bertz CT molecular complexity index is 613. The molecule has 110 valence electrons. The van der Waals surface area contributed by atoms with Gasteiger partial charge in [-0.1, -0.05) is 39.7 Å². The standard InChI is InChI=1S/C17H18BrClN2/c18-15-3-1-2-12(9-15)14(10-21-16-4-5-16)8-13-6-7-20-11-17(13)19/h1-3,6-7,9,11,14,16,21H,4-5,8,10H2. The summed E-state index contributed by atoms with van der Waals surface area (Å²) in [5.41, 5.74) is 2.50. The van der Waals surface area contributed by atoms with E-state index in [1.807, 2.05) is 12.3 Å². The third kappa shape index (κ3) is 4.29. The monoisotopic (exact) mass is 364 g/mol. The lowest BCUT2D eigenvalue weighted by molar-refractivity contribution is 0.577.